The topological polar surface area (TPSA) is 33.0 Å². The summed E-state index contributed by atoms with van der Waals surface area (Å²) in [5, 5.41) is 9.23. The van der Waals surface area contributed by atoms with Crippen LogP contribution >= 0.6 is 0 Å². The van der Waals surface area contributed by atoms with Gasteiger partial charge in [0.1, 0.15) is 11.4 Å². The van der Waals surface area contributed by atoms with Crippen LogP contribution in [0.25, 0.3) is 5.57 Å². The number of hydrogen-bond acceptors (Lipinski definition) is 2. The molecule has 17 heavy (non-hydrogen) atoms. The molecule has 0 aromatic heterocycles. The van der Waals surface area contributed by atoms with Crippen molar-refractivity contribution in [3.8, 4) is 11.8 Å². The maximum atomic E-state index is 9.23. The smallest absolute Gasteiger partial charge is 0.129 e. The van der Waals surface area contributed by atoms with Gasteiger partial charge in [-0.2, -0.15) is 5.26 Å². The molecule has 0 bridgehead atoms. The number of ether oxygens (including phenoxy) is 1. The van der Waals surface area contributed by atoms with Gasteiger partial charge in [0.25, 0.3) is 0 Å². The van der Waals surface area contributed by atoms with Crippen molar-refractivity contribution < 1.29 is 4.74 Å². The number of benzene rings is 1. The van der Waals surface area contributed by atoms with Crippen LogP contribution in [0.5, 0.6) is 5.75 Å². The average molecular weight is 227 g/mol. The van der Waals surface area contributed by atoms with Crippen LogP contribution in [0, 0.1) is 11.3 Å². The van der Waals surface area contributed by atoms with Gasteiger partial charge in [-0.05, 0) is 43.5 Å². The van der Waals surface area contributed by atoms with Gasteiger partial charge in [0, 0.05) is 5.56 Å². The fourth-order valence-electron chi connectivity index (χ4n) is 2.04. The summed E-state index contributed by atoms with van der Waals surface area (Å²) in [5.41, 5.74) is 2.45. The van der Waals surface area contributed by atoms with E-state index in [0.717, 1.165) is 11.3 Å². The number of hydrogen-bond donors (Lipinski definition) is 0. The van der Waals surface area contributed by atoms with Crippen LogP contribution in [-0.4, -0.2) is 5.60 Å². The summed E-state index contributed by atoms with van der Waals surface area (Å²) in [5.74, 6) is 1.26. The second-order valence-electron chi connectivity index (χ2n) is 5.29. The standard InChI is InChI=1S/C15H17NO/c1-10(2)11-5-6-14-13(7-11)12(9-16)8-15(3,4)17-14/h5-8,10H,1-4H3. The fraction of sp³-hybridized carbons (Fsp3) is 0.400. The van der Waals surface area contributed by atoms with E-state index in [1.54, 1.807) is 0 Å². The number of allylic oxidation sites excluding steroid dienone is 1. The van der Waals surface area contributed by atoms with E-state index >= 15 is 0 Å². The van der Waals surface area contributed by atoms with E-state index in [1.165, 1.54) is 5.56 Å². The SMILES string of the molecule is CC(C)c1ccc2c(c1)C(C#N)=CC(C)(C)O2. The van der Waals surface area contributed by atoms with E-state index in [4.69, 9.17) is 4.74 Å². The Labute approximate surface area is 103 Å². The third-order valence-electron chi connectivity index (χ3n) is 2.95. The highest BCUT2D eigenvalue weighted by atomic mass is 16.5. The van der Waals surface area contributed by atoms with Crippen LogP contribution in [0.3, 0.4) is 0 Å². The van der Waals surface area contributed by atoms with Gasteiger partial charge in [-0.25, -0.2) is 0 Å². The molecule has 0 spiro atoms. The molecule has 0 amide bonds. The maximum Gasteiger partial charge on any atom is 0.129 e. The summed E-state index contributed by atoms with van der Waals surface area (Å²) in [4.78, 5) is 0. The van der Waals surface area contributed by atoms with E-state index in [1.807, 2.05) is 26.0 Å². The maximum absolute atomic E-state index is 9.23. The van der Waals surface area contributed by atoms with Crippen molar-refractivity contribution in [2.75, 3.05) is 0 Å². The van der Waals surface area contributed by atoms with Crippen LogP contribution < -0.4 is 4.74 Å². The molecule has 1 aromatic rings. The number of fused-ring (bicyclic) bond motifs is 1. The van der Waals surface area contributed by atoms with E-state index in [0.29, 0.717) is 11.5 Å². The molecule has 1 aliphatic heterocycles. The normalized spacial score (nSPS) is 16.8. The lowest BCUT2D eigenvalue weighted by Gasteiger charge is -2.29. The summed E-state index contributed by atoms with van der Waals surface area (Å²) < 4.78 is 5.86. The lowest BCUT2D eigenvalue weighted by molar-refractivity contribution is 0.158. The zero-order valence-corrected chi connectivity index (χ0v) is 10.7. The van der Waals surface area contributed by atoms with E-state index in [9.17, 15) is 5.26 Å². The van der Waals surface area contributed by atoms with Crippen LogP contribution in [0.2, 0.25) is 0 Å². The fourth-order valence-corrected chi connectivity index (χ4v) is 2.04. The van der Waals surface area contributed by atoms with Crippen molar-refractivity contribution in [3.63, 3.8) is 0 Å². The summed E-state index contributed by atoms with van der Waals surface area (Å²) in [6, 6.07) is 8.36. The Morgan fingerprint density at radius 2 is 2.00 bits per heavy atom. The Morgan fingerprint density at radius 3 is 2.59 bits per heavy atom. The van der Waals surface area contributed by atoms with Crippen molar-refractivity contribution >= 4 is 5.57 Å². The third kappa shape index (κ3) is 2.19. The van der Waals surface area contributed by atoms with Gasteiger partial charge < -0.3 is 4.74 Å². The monoisotopic (exact) mass is 227 g/mol. The minimum absolute atomic E-state index is 0.405. The summed E-state index contributed by atoms with van der Waals surface area (Å²) in [6.45, 7) is 8.21. The molecule has 0 unspecified atom stereocenters. The summed E-state index contributed by atoms with van der Waals surface area (Å²) in [6.07, 6.45) is 1.89. The quantitative estimate of drug-likeness (QED) is 0.729. The Morgan fingerprint density at radius 1 is 1.29 bits per heavy atom. The first-order valence-corrected chi connectivity index (χ1v) is 5.89. The van der Waals surface area contributed by atoms with E-state index < -0.39 is 5.60 Å². The summed E-state index contributed by atoms with van der Waals surface area (Å²) in [7, 11) is 0. The van der Waals surface area contributed by atoms with Gasteiger partial charge in [0.05, 0.1) is 11.6 Å². The second kappa shape index (κ2) is 3.92. The lowest BCUT2D eigenvalue weighted by Crippen LogP contribution is -2.28. The Kier molecular flexibility index (Phi) is 2.71. The first-order valence-electron chi connectivity index (χ1n) is 5.89. The molecule has 0 fully saturated rings. The zero-order chi connectivity index (χ0) is 12.6. The van der Waals surface area contributed by atoms with Crippen molar-refractivity contribution in [1.82, 2.24) is 0 Å². The van der Waals surface area contributed by atoms with Gasteiger partial charge in [-0.3, -0.25) is 0 Å². The van der Waals surface area contributed by atoms with Gasteiger partial charge in [-0.1, -0.05) is 19.9 Å². The first kappa shape index (κ1) is 11.7. The van der Waals surface area contributed by atoms with Crippen molar-refractivity contribution in [2.45, 2.75) is 39.2 Å². The highest BCUT2D eigenvalue weighted by Gasteiger charge is 2.26. The summed E-state index contributed by atoms with van der Waals surface area (Å²) >= 11 is 0. The van der Waals surface area contributed by atoms with E-state index in [-0.39, 0.29) is 0 Å². The molecule has 2 rings (SSSR count). The predicted octanol–water partition coefficient (Wildman–Crippen LogP) is 3.89. The van der Waals surface area contributed by atoms with Crippen molar-refractivity contribution in [1.29, 1.82) is 5.26 Å². The van der Waals surface area contributed by atoms with Gasteiger partial charge in [-0.15, -0.1) is 0 Å². The first-order chi connectivity index (χ1) is 7.93. The molecule has 88 valence electrons. The lowest BCUT2D eigenvalue weighted by atomic mass is 9.92. The molecule has 0 atom stereocenters. The minimum Gasteiger partial charge on any atom is -0.483 e. The average Bonchev–Trinajstić information content (AvgIpc) is 2.26. The highest BCUT2D eigenvalue weighted by Crippen LogP contribution is 2.37. The molecule has 0 saturated carbocycles. The van der Waals surface area contributed by atoms with Crippen molar-refractivity contribution in [2.24, 2.45) is 0 Å². The number of nitrogens with zero attached hydrogens (tertiary/aromatic N) is 1. The molecule has 0 aliphatic carbocycles. The molecular weight excluding hydrogens is 210 g/mol. The molecule has 2 nitrogen and oxygen atoms in total. The molecule has 2 heteroatoms. The largest absolute Gasteiger partial charge is 0.483 e. The Balaban J connectivity index is 2.57. The van der Waals surface area contributed by atoms with Gasteiger partial charge >= 0.3 is 0 Å². The molecular formula is C15H17NO. The predicted molar refractivity (Wildman–Crippen MR) is 68.8 cm³/mol. The van der Waals surface area contributed by atoms with Gasteiger partial charge in [0.2, 0.25) is 0 Å². The van der Waals surface area contributed by atoms with Gasteiger partial charge in [0.15, 0.2) is 0 Å². The van der Waals surface area contributed by atoms with E-state index in [2.05, 4.69) is 32.0 Å². The second-order valence-corrected chi connectivity index (χ2v) is 5.29. The molecule has 0 radical (unpaired) electrons. The highest BCUT2D eigenvalue weighted by molar-refractivity contribution is 5.82. The number of rotatable bonds is 1. The molecule has 1 aliphatic rings. The Bertz CT molecular complexity index is 518. The minimum atomic E-state index is -0.405. The molecule has 0 saturated heterocycles. The van der Waals surface area contributed by atoms with Crippen LogP contribution in [0.15, 0.2) is 24.3 Å². The molecule has 0 N–H and O–H groups in total. The molecule has 1 heterocycles. The third-order valence-corrected chi connectivity index (χ3v) is 2.95. The Hall–Kier alpha value is -1.75. The van der Waals surface area contributed by atoms with Crippen LogP contribution in [0.1, 0.15) is 44.7 Å². The zero-order valence-electron chi connectivity index (χ0n) is 10.7. The van der Waals surface area contributed by atoms with Crippen LogP contribution in [-0.2, 0) is 0 Å². The van der Waals surface area contributed by atoms with Crippen LogP contribution in [0.4, 0.5) is 0 Å². The van der Waals surface area contributed by atoms with Crippen molar-refractivity contribution in [3.05, 3.63) is 35.4 Å². The molecule has 1 aromatic carbocycles. The number of nitriles is 1.